The monoisotopic (exact) mass is 423 g/mol. The fraction of sp³-hybridized carbons (Fsp3) is 0.474. The van der Waals surface area contributed by atoms with E-state index in [0.29, 0.717) is 17.2 Å². The van der Waals surface area contributed by atoms with Gasteiger partial charge in [-0.15, -0.1) is 11.3 Å². The van der Waals surface area contributed by atoms with Crippen molar-refractivity contribution in [3.8, 4) is 11.3 Å². The number of carbonyl (C=O) groups is 1. The SMILES string of the molecule is O=C(Nc1nc(-c2ccc(F)cc2)cs1)C1CCN(C2CCS(=O)(=O)C2)CC1. The van der Waals surface area contributed by atoms with Gasteiger partial charge in [0, 0.05) is 22.9 Å². The summed E-state index contributed by atoms with van der Waals surface area (Å²) in [6.45, 7) is 1.49. The molecule has 2 fully saturated rings. The van der Waals surface area contributed by atoms with Gasteiger partial charge in [0.05, 0.1) is 17.2 Å². The lowest BCUT2D eigenvalue weighted by atomic mass is 9.95. The van der Waals surface area contributed by atoms with E-state index in [9.17, 15) is 17.6 Å². The Morgan fingerprint density at radius 2 is 1.89 bits per heavy atom. The first-order valence-electron chi connectivity index (χ1n) is 9.36. The number of halogens is 1. The summed E-state index contributed by atoms with van der Waals surface area (Å²) in [5.74, 6) is 0.0911. The Kier molecular flexibility index (Phi) is 5.48. The molecule has 1 atom stereocenters. The highest BCUT2D eigenvalue weighted by atomic mass is 32.2. The van der Waals surface area contributed by atoms with Crippen molar-refractivity contribution in [3.05, 3.63) is 35.5 Å². The first-order chi connectivity index (χ1) is 13.4. The Morgan fingerprint density at radius 3 is 2.54 bits per heavy atom. The van der Waals surface area contributed by atoms with Gasteiger partial charge in [0.2, 0.25) is 5.91 Å². The Labute approximate surface area is 167 Å². The number of rotatable bonds is 4. The summed E-state index contributed by atoms with van der Waals surface area (Å²) in [4.78, 5) is 19.2. The lowest BCUT2D eigenvalue weighted by Gasteiger charge is -2.34. The van der Waals surface area contributed by atoms with Crippen LogP contribution in [-0.2, 0) is 14.6 Å². The highest BCUT2D eigenvalue weighted by molar-refractivity contribution is 7.91. The Morgan fingerprint density at radius 1 is 1.18 bits per heavy atom. The highest BCUT2D eigenvalue weighted by Gasteiger charge is 2.35. The topological polar surface area (TPSA) is 79.4 Å². The molecule has 1 N–H and O–H groups in total. The first kappa shape index (κ1) is 19.5. The van der Waals surface area contributed by atoms with Crippen molar-refractivity contribution in [2.45, 2.75) is 25.3 Å². The molecule has 0 aliphatic carbocycles. The number of likely N-dealkylation sites (tertiary alicyclic amines) is 1. The minimum Gasteiger partial charge on any atom is -0.302 e. The fourth-order valence-electron chi connectivity index (χ4n) is 3.88. The van der Waals surface area contributed by atoms with Crippen LogP contribution in [0.15, 0.2) is 29.6 Å². The van der Waals surface area contributed by atoms with Crippen LogP contribution in [0.5, 0.6) is 0 Å². The number of carbonyl (C=O) groups excluding carboxylic acids is 1. The summed E-state index contributed by atoms with van der Waals surface area (Å²) >= 11 is 1.35. The van der Waals surface area contributed by atoms with Crippen molar-refractivity contribution in [2.24, 2.45) is 5.92 Å². The smallest absolute Gasteiger partial charge is 0.229 e. The van der Waals surface area contributed by atoms with Crippen LogP contribution in [0.1, 0.15) is 19.3 Å². The van der Waals surface area contributed by atoms with Gasteiger partial charge in [0.1, 0.15) is 5.82 Å². The number of benzene rings is 1. The first-order valence-corrected chi connectivity index (χ1v) is 12.1. The molecule has 0 spiro atoms. The molecule has 0 saturated carbocycles. The number of anilines is 1. The lowest BCUT2D eigenvalue weighted by Crippen LogP contribution is -2.44. The van der Waals surface area contributed by atoms with Gasteiger partial charge < -0.3 is 5.32 Å². The number of nitrogens with one attached hydrogen (secondary N) is 1. The van der Waals surface area contributed by atoms with Crippen LogP contribution < -0.4 is 5.32 Å². The molecule has 2 saturated heterocycles. The van der Waals surface area contributed by atoms with Gasteiger partial charge in [-0.2, -0.15) is 0 Å². The van der Waals surface area contributed by atoms with Gasteiger partial charge in [-0.3, -0.25) is 9.69 Å². The number of sulfone groups is 1. The van der Waals surface area contributed by atoms with E-state index in [1.165, 1.54) is 23.5 Å². The maximum atomic E-state index is 13.0. The van der Waals surface area contributed by atoms with Crippen LogP contribution in [-0.4, -0.2) is 54.8 Å². The largest absolute Gasteiger partial charge is 0.302 e. The quantitative estimate of drug-likeness (QED) is 0.818. The van der Waals surface area contributed by atoms with Crippen molar-refractivity contribution in [3.63, 3.8) is 0 Å². The third-order valence-corrected chi connectivity index (χ3v) is 8.01. The van der Waals surface area contributed by atoms with E-state index < -0.39 is 9.84 Å². The van der Waals surface area contributed by atoms with E-state index in [-0.39, 0.29) is 35.2 Å². The van der Waals surface area contributed by atoms with E-state index in [2.05, 4.69) is 15.2 Å². The third kappa shape index (κ3) is 4.42. The van der Waals surface area contributed by atoms with Crippen molar-refractivity contribution in [1.29, 1.82) is 0 Å². The van der Waals surface area contributed by atoms with Crippen molar-refractivity contribution >= 4 is 32.2 Å². The second-order valence-corrected chi connectivity index (χ2v) is 10.5. The molecule has 2 aromatic rings. The molecular weight excluding hydrogens is 401 g/mol. The number of hydrogen-bond donors (Lipinski definition) is 1. The maximum Gasteiger partial charge on any atom is 0.229 e. The van der Waals surface area contributed by atoms with Crippen molar-refractivity contribution in [2.75, 3.05) is 29.9 Å². The average Bonchev–Trinajstić information content (AvgIpc) is 3.29. The molecule has 150 valence electrons. The summed E-state index contributed by atoms with van der Waals surface area (Å²) in [6.07, 6.45) is 2.14. The maximum absolute atomic E-state index is 13.0. The Balaban J connectivity index is 1.31. The molecule has 2 aliphatic rings. The number of piperidine rings is 1. The van der Waals surface area contributed by atoms with Crippen LogP contribution in [0, 0.1) is 11.7 Å². The molecule has 1 aromatic carbocycles. The molecule has 0 bridgehead atoms. The molecular formula is C19H22FN3O3S2. The predicted molar refractivity (Wildman–Crippen MR) is 107 cm³/mol. The number of aromatic nitrogens is 1. The van der Waals surface area contributed by atoms with Crippen molar-refractivity contribution < 1.29 is 17.6 Å². The van der Waals surface area contributed by atoms with Gasteiger partial charge in [-0.05, 0) is 56.6 Å². The van der Waals surface area contributed by atoms with Crippen LogP contribution >= 0.6 is 11.3 Å². The zero-order valence-electron chi connectivity index (χ0n) is 15.3. The number of hydrogen-bond acceptors (Lipinski definition) is 6. The third-order valence-electron chi connectivity index (χ3n) is 5.50. The summed E-state index contributed by atoms with van der Waals surface area (Å²) in [5.41, 5.74) is 1.51. The number of amides is 1. The van der Waals surface area contributed by atoms with E-state index in [0.717, 1.165) is 31.5 Å². The minimum atomic E-state index is -2.89. The van der Waals surface area contributed by atoms with Gasteiger partial charge in [0.25, 0.3) is 0 Å². The summed E-state index contributed by atoms with van der Waals surface area (Å²) in [5, 5.41) is 5.27. The lowest BCUT2D eigenvalue weighted by molar-refractivity contribution is -0.121. The second-order valence-electron chi connectivity index (χ2n) is 7.40. The minimum absolute atomic E-state index is 0.0429. The average molecular weight is 424 g/mol. The fourth-order valence-corrected chi connectivity index (χ4v) is 6.37. The number of thiazole rings is 1. The molecule has 3 heterocycles. The zero-order valence-corrected chi connectivity index (χ0v) is 16.9. The van der Waals surface area contributed by atoms with E-state index in [1.54, 1.807) is 12.1 Å². The van der Waals surface area contributed by atoms with Gasteiger partial charge >= 0.3 is 0 Å². The van der Waals surface area contributed by atoms with Crippen LogP contribution in [0.3, 0.4) is 0 Å². The molecule has 1 amide bonds. The van der Waals surface area contributed by atoms with E-state index in [1.807, 2.05) is 5.38 Å². The summed E-state index contributed by atoms with van der Waals surface area (Å²) in [7, 11) is -2.89. The summed E-state index contributed by atoms with van der Waals surface area (Å²) < 4.78 is 36.4. The van der Waals surface area contributed by atoms with E-state index >= 15 is 0 Å². The molecule has 1 aromatic heterocycles. The van der Waals surface area contributed by atoms with Gasteiger partial charge in [0.15, 0.2) is 15.0 Å². The van der Waals surface area contributed by atoms with Crippen LogP contribution in [0.25, 0.3) is 11.3 Å². The van der Waals surface area contributed by atoms with Crippen LogP contribution in [0.4, 0.5) is 9.52 Å². The number of nitrogens with zero attached hydrogens (tertiary/aromatic N) is 2. The molecule has 28 heavy (non-hydrogen) atoms. The van der Waals surface area contributed by atoms with E-state index in [4.69, 9.17) is 0 Å². The zero-order chi connectivity index (χ0) is 19.7. The molecule has 9 heteroatoms. The molecule has 0 radical (unpaired) electrons. The van der Waals surface area contributed by atoms with Crippen molar-refractivity contribution in [1.82, 2.24) is 9.88 Å². The molecule has 4 rings (SSSR count). The second kappa shape index (κ2) is 7.88. The van der Waals surface area contributed by atoms with Gasteiger partial charge in [-0.1, -0.05) is 0 Å². The normalized spacial score (nSPS) is 23.0. The summed E-state index contributed by atoms with van der Waals surface area (Å²) in [6, 6.07) is 6.20. The molecule has 6 nitrogen and oxygen atoms in total. The standard InChI is InChI=1S/C19H22FN3O3S2/c20-15-3-1-13(2-4-15)17-11-27-19(21-17)22-18(24)14-5-8-23(9-6-14)16-7-10-28(25,26)12-16/h1-4,11,14,16H,5-10,12H2,(H,21,22,24). The Hall–Kier alpha value is -1.84. The van der Waals surface area contributed by atoms with Gasteiger partial charge in [-0.25, -0.2) is 17.8 Å². The predicted octanol–water partition coefficient (Wildman–Crippen LogP) is 2.79. The Bertz CT molecular complexity index is 951. The van der Waals surface area contributed by atoms with Crippen LogP contribution in [0.2, 0.25) is 0 Å². The highest BCUT2D eigenvalue weighted by Crippen LogP contribution is 2.28. The molecule has 2 aliphatic heterocycles. The molecule has 1 unspecified atom stereocenters.